The molecule has 1 heteroatoms. The van der Waals surface area contributed by atoms with Crippen LogP contribution in [0.3, 0.4) is 0 Å². The first-order valence-electron chi connectivity index (χ1n) is 10.4. The van der Waals surface area contributed by atoms with E-state index >= 15 is 0 Å². The normalized spacial score (nSPS) is 15.0. The van der Waals surface area contributed by atoms with Crippen LogP contribution >= 0.6 is 0 Å². The van der Waals surface area contributed by atoms with Crippen molar-refractivity contribution in [3.63, 3.8) is 0 Å². The highest BCUT2D eigenvalue weighted by molar-refractivity contribution is 5.92. The molecular weight excluding hydrogens is 338 g/mol. The first kappa shape index (κ1) is 17.2. The van der Waals surface area contributed by atoms with Gasteiger partial charge >= 0.3 is 0 Å². The van der Waals surface area contributed by atoms with E-state index in [1.165, 1.54) is 59.7 Å². The Morgan fingerprint density at radius 2 is 1.32 bits per heavy atom. The fourth-order valence-electron chi connectivity index (χ4n) is 4.54. The summed E-state index contributed by atoms with van der Waals surface area (Å²) in [6.07, 6.45) is 6.77. The summed E-state index contributed by atoms with van der Waals surface area (Å²) < 4.78 is 0. The van der Waals surface area contributed by atoms with Gasteiger partial charge in [0.1, 0.15) is 0 Å². The molecule has 1 saturated carbocycles. The summed E-state index contributed by atoms with van der Waals surface area (Å²) >= 11 is 0. The van der Waals surface area contributed by atoms with Crippen molar-refractivity contribution in [3.8, 4) is 22.4 Å². The van der Waals surface area contributed by atoms with E-state index in [1.54, 1.807) is 0 Å². The zero-order chi connectivity index (χ0) is 18.8. The van der Waals surface area contributed by atoms with Gasteiger partial charge in [0.15, 0.2) is 0 Å². The maximum atomic E-state index is 5.11. The lowest BCUT2D eigenvalue weighted by Gasteiger charge is -2.22. The smallest absolute Gasteiger partial charge is 0.0788 e. The summed E-state index contributed by atoms with van der Waals surface area (Å²) in [4.78, 5) is 5.11. The fourth-order valence-corrected chi connectivity index (χ4v) is 4.54. The Labute approximate surface area is 167 Å². The van der Waals surface area contributed by atoms with Crippen molar-refractivity contribution in [3.05, 3.63) is 90.5 Å². The van der Waals surface area contributed by atoms with Gasteiger partial charge in [-0.1, -0.05) is 86.0 Å². The molecule has 1 aromatic heterocycles. The second-order valence-corrected chi connectivity index (χ2v) is 7.90. The molecule has 4 aromatic rings. The molecule has 0 aliphatic heterocycles. The van der Waals surface area contributed by atoms with Gasteiger partial charge < -0.3 is 0 Å². The number of hydrogen-bond donors (Lipinski definition) is 0. The molecule has 0 unspecified atom stereocenters. The Morgan fingerprint density at radius 1 is 0.643 bits per heavy atom. The first-order valence-corrected chi connectivity index (χ1v) is 10.4. The molecule has 0 N–H and O–H groups in total. The molecule has 1 fully saturated rings. The number of pyridine rings is 1. The monoisotopic (exact) mass is 363 g/mol. The molecule has 1 aliphatic carbocycles. The van der Waals surface area contributed by atoms with Crippen molar-refractivity contribution in [2.75, 3.05) is 0 Å². The Kier molecular flexibility index (Phi) is 4.66. The molecule has 0 radical (unpaired) electrons. The van der Waals surface area contributed by atoms with Gasteiger partial charge in [-0.15, -0.1) is 0 Å². The van der Waals surface area contributed by atoms with Crippen molar-refractivity contribution in [2.45, 2.75) is 38.0 Å². The molecule has 1 nitrogen and oxygen atoms in total. The van der Waals surface area contributed by atoms with E-state index in [0.717, 1.165) is 11.2 Å². The average Bonchev–Trinajstić information content (AvgIpc) is 2.79. The van der Waals surface area contributed by atoms with Crippen molar-refractivity contribution in [1.82, 2.24) is 4.98 Å². The van der Waals surface area contributed by atoms with Gasteiger partial charge in [-0.25, -0.2) is 4.98 Å². The van der Waals surface area contributed by atoms with E-state index in [0.29, 0.717) is 5.92 Å². The van der Waals surface area contributed by atoms with Gasteiger partial charge in [0, 0.05) is 16.5 Å². The van der Waals surface area contributed by atoms with Crippen LogP contribution in [0.5, 0.6) is 0 Å². The molecular formula is C27H25N. The molecule has 3 aromatic carbocycles. The van der Waals surface area contributed by atoms with Crippen LogP contribution in [0.15, 0.2) is 84.9 Å². The number of benzene rings is 3. The minimum Gasteiger partial charge on any atom is -0.247 e. The van der Waals surface area contributed by atoms with Crippen LogP contribution in [0.1, 0.15) is 43.6 Å². The molecule has 138 valence electrons. The van der Waals surface area contributed by atoms with Crippen molar-refractivity contribution < 1.29 is 0 Å². The van der Waals surface area contributed by atoms with Crippen LogP contribution in [0, 0.1) is 0 Å². The summed E-state index contributed by atoms with van der Waals surface area (Å²) in [6.45, 7) is 0. The van der Waals surface area contributed by atoms with Crippen molar-refractivity contribution in [1.29, 1.82) is 0 Å². The van der Waals surface area contributed by atoms with Gasteiger partial charge in [0.2, 0.25) is 0 Å². The first-order chi connectivity index (χ1) is 13.9. The van der Waals surface area contributed by atoms with E-state index in [1.807, 2.05) is 0 Å². The minimum absolute atomic E-state index is 0.715. The standard InChI is InChI=1S/C27H25N/c1-4-10-20(11-5-1)23-16-17-26-24(18-23)19-25(21-12-6-2-7-13-21)27(28-26)22-14-8-3-9-15-22/h2-3,6-9,12-20H,1,4-5,10-11H2. The third-order valence-corrected chi connectivity index (χ3v) is 6.05. The van der Waals surface area contributed by atoms with E-state index in [4.69, 9.17) is 4.98 Å². The molecule has 0 bridgehead atoms. The van der Waals surface area contributed by atoms with E-state index in [9.17, 15) is 0 Å². The molecule has 0 amide bonds. The van der Waals surface area contributed by atoms with Crippen LogP contribution in [-0.4, -0.2) is 4.98 Å². The van der Waals surface area contributed by atoms with Crippen LogP contribution in [-0.2, 0) is 0 Å². The number of hydrogen-bond acceptors (Lipinski definition) is 1. The maximum Gasteiger partial charge on any atom is 0.0788 e. The predicted octanol–water partition coefficient (Wildman–Crippen LogP) is 7.62. The van der Waals surface area contributed by atoms with Crippen LogP contribution in [0.4, 0.5) is 0 Å². The lowest BCUT2D eigenvalue weighted by Crippen LogP contribution is -2.04. The SMILES string of the molecule is c1ccc(-c2cc3cc(C4CCCCC4)ccc3nc2-c2ccccc2)cc1. The number of fused-ring (bicyclic) bond motifs is 1. The lowest BCUT2D eigenvalue weighted by molar-refractivity contribution is 0.444. The number of aromatic nitrogens is 1. The highest BCUT2D eigenvalue weighted by Gasteiger charge is 2.17. The average molecular weight is 364 g/mol. The zero-order valence-electron chi connectivity index (χ0n) is 16.1. The summed E-state index contributed by atoms with van der Waals surface area (Å²) in [7, 11) is 0. The molecule has 1 heterocycles. The van der Waals surface area contributed by atoms with Gasteiger partial charge in [0.25, 0.3) is 0 Å². The van der Waals surface area contributed by atoms with Crippen molar-refractivity contribution >= 4 is 10.9 Å². The second kappa shape index (κ2) is 7.59. The van der Waals surface area contributed by atoms with Gasteiger partial charge in [-0.3, -0.25) is 0 Å². The highest BCUT2D eigenvalue weighted by atomic mass is 14.7. The molecule has 28 heavy (non-hydrogen) atoms. The van der Waals surface area contributed by atoms with Crippen LogP contribution < -0.4 is 0 Å². The lowest BCUT2D eigenvalue weighted by atomic mass is 9.83. The van der Waals surface area contributed by atoms with Gasteiger partial charge in [-0.05, 0) is 48.1 Å². The Bertz CT molecular complexity index is 1080. The molecule has 0 atom stereocenters. The summed E-state index contributed by atoms with van der Waals surface area (Å²) in [6, 6.07) is 30.4. The number of nitrogens with zero attached hydrogens (tertiary/aromatic N) is 1. The third kappa shape index (κ3) is 3.33. The van der Waals surface area contributed by atoms with E-state index in [-0.39, 0.29) is 0 Å². The minimum atomic E-state index is 0.715. The predicted molar refractivity (Wildman–Crippen MR) is 118 cm³/mol. The fraction of sp³-hybridized carbons (Fsp3) is 0.222. The summed E-state index contributed by atoms with van der Waals surface area (Å²) in [5.74, 6) is 0.715. The summed E-state index contributed by atoms with van der Waals surface area (Å²) in [5, 5.41) is 1.25. The second-order valence-electron chi connectivity index (χ2n) is 7.90. The zero-order valence-corrected chi connectivity index (χ0v) is 16.1. The third-order valence-electron chi connectivity index (χ3n) is 6.05. The summed E-state index contributed by atoms with van der Waals surface area (Å²) in [5.41, 5.74) is 7.22. The molecule has 0 saturated heterocycles. The Balaban J connectivity index is 1.68. The Hall–Kier alpha value is -2.93. The largest absolute Gasteiger partial charge is 0.247 e. The Morgan fingerprint density at radius 3 is 2.04 bits per heavy atom. The van der Waals surface area contributed by atoms with Gasteiger partial charge in [-0.2, -0.15) is 0 Å². The van der Waals surface area contributed by atoms with Crippen LogP contribution in [0.2, 0.25) is 0 Å². The number of rotatable bonds is 3. The van der Waals surface area contributed by atoms with E-state index < -0.39 is 0 Å². The van der Waals surface area contributed by atoms with Crippen LogP contribution in [0.25, 0.3) is 33.3 Å². The molecule has 5 rings (SSSR count). The molecule has 1 aliphatic rings. The quantitative estimate of drug-likeness (QED) is 0.365. The molecule has 0 spiro atoms. The highest BCUT2D eigenvalue weighted by Crippen LogP contribution is 2.37. The van der Waals surface area contributed by atoms with E-state index in [2.05, 4.69) is 84.9 Å². The maximum absolute atomic E-state index is 5.11. The van der Waals surface area contributed by atoms with Gasteiger partial charge in [0.05, 0.1) is 11.2 Å². The van der Waals surface area contributed by atoms with Crippen molar-refractivity contribution in [2.24, 2.45) is 0 Å². The topological polar surface area (TPSA) is 12.9 Å².